The first-order valence-corrected chi connectivity index (χ1v) is 8.28. The van der Waals surface area contributed by atoms with E-state index in [9.17, 15) is 13.2 Å². The molecule has 0 aliphatic heterocycles. The second kappa shape index (κ2) is 7.16. The van der Waals surface area contributed by atoms with Crippen LogP contribution in [0.15, 0.2) is 27.6 Å². The molecule has 20 heavy (non-hydrogen) atoms. The number of ether oxygens (including phenoxy) is 1. The second-order valence-electron chi connectivity index (χ2n) is 4.37. The average Bonchev–Trinajstić information content (AvgIpc) is 2.33. The summed E-state index contributed by atoms with van der Waals surface area (Å²) in [5.41, 5.74) is 0.224. The van der Waals surface area contributed by atoms with Gasteiger partial charge in [-0.05, 0) is 48.0 Å². The minimum Gasteiger partial charge on any atom is -0.377 e. The van der Waals surface area contributed by atoms with Gasteiger partial charge in [0.25, 0.3) is 5.91 Å². The molecule has 6 nitrogen and oxygen atoms in total. The zero-order chi connectivity index (χ0) is 15.3. The van der Waals surface area contributed by atoms with Gasteiger partial charge in [0.1, 0.15) is 0 Å². The molecular weight excluding hydrogens is 348 g/mol. The first kappa shape index (κ1) is 17.1. The average molecular weight is 365 g/mol. The largest absolute Gasteiger partial charge is 0.377 e. The van der Waals surface area contributed by atoms with E-state index in [2.05, 4.69) is 21.2 Å². The van der Waals surface area contributed by atoms with Crippen molar-refractivity contribution in [2.75, 3.05) is 13.2 Å². The lowest BCUT2D eigenvalue weighted by Gasteiger charge is -2.09. The highest BCUT2D eigenvalue weighted by Gasteiger charge is 2.15. The highest BCUT2D eigenvalue weighted by atomic mass is 79.9. The third-order valence-electron chi connectivity index (χ3n) is 2.34. The Morgan fingerprint density at radius 2 is 2.10 bits per heavy atom. The van der Waals surface area contributed by atoms with E-state index in [0.717, 1.165) is 0 Å². The Bertz CT molecular complexity index is 587. The molecule has 0 aromatic heterocycles. The third kappa shape index (κ3) is 5.20. The van der Waals surface area contributed by atoms with Crippen LogP contribution in [0.25, 0.3) is 0 Å². The van der Waals surface area contributed by atoms with Crippen LogP contribution in [0.5, 0.6) is 0 Å². The van der Waals surface area contributed by atoms with Gasteiger partial charge in [-0.15, -0.1) is 0 Å². The van der Waals surface area contributed by atoms with E-state index >= 15 is 0 Å². The normalized spacial score (nSPS) is 11.7. The minimum atomic E-state index is -3.88. The second-order valence-corrected chi connectivity index (χ2v) is 6.75. The third-order valence-corrected chi connectivity index (χ3v) is 4.24. The molecule has 0 saturated carbocycles. The fourth-order valence-electron chi connectivity index (χ4n) is 1.42. The van der Waals surface area contributed by atoms with Gasteiger partial charge in [0.15, 0.2) is 0 Å². The molecule has 0 spiro atoms. The molecule has 3 N–H and O–H groups in total. The Hall–Kier alpha value is -0.960. The summed E-state index contributed by atoms with van der Waals surface area (Å²) in [5, 5.41) is 7.71. The predicted octanol–water partition coefficient (Wildman–Crippen LogP) is 1.25. The maximum atomic E-state index is 11.9. The number of carbonyl (C=O) groups excluding carboxylic acids is 1. The first-order valence-electron chi connectivity index (χ1n) is 5.94. The van der Waals surface area contributed by atoms with Gasteiger partial charge in [-0.25, -0.2) is 13.6 Å². The Kier molecular flexibility index (Phi) is 6.12. The molecular formula is C12H17BrN2O4S. The van der Waals surface area contributed by atoms with Crippen molar-refractivity contribution < 1.29 is 17.9 Å². The van der Waals surface area contributed by atoms with Crippen molar-refractivity contribution in [3.05, 3.63) is 28.2 Å². The van der Waals surface area contributed by atoms with Crippen molar-refractivity contribution in [1.82, 2.24) is 5.32 Å². The van der Waals surface area contributed by atoms with Crippen LogP contribution in [0.2, 0.25) is 0 Å². The fourth-order valence-corrected chi connectivity index (χ4v) is 2.98. The van der Waals surface area contributed by atoms with E-state index in [-0.39, 0.29) is 22.5 Å². The highest BCUT2D eigenvalue weighted by Crippen LogP contribution is 2.21. The Morgan fingerprint density at radius 3 is 2.65 bits per heavy atom. The number of sulfonamides is 1. The fraction of sp³-hybridized carbons (Fsp3) is 0.417. The zero-order valence-corrected chi connectivity index (χ0v) is 13.6. The molecule has 1 amide bonds. The number of hydrogen-bond donors (Lipinski definition) is 2. The first-order chi connectivity index (χ1) is 9.21. The topological polar surface area (TPSA) is 98.5 Å². The Morgan fingerprint density at radius 1 is 1.45 bits per heavy atom. The van der Waals surface area contributed by atoms with Gasteiger partial charge in [0, 0.05) is 16.6 Å². The van der Waals surface area contributed by atoms with Crippen molar-refractivity contribution in [2.24, 2.45) is 5.14 Å². The van der Waals surface area contributed by atoms with Crippen LogP contribution in [0.1, 0.15) is 24.2 Å². The number of rotatable bonds is 6. The summed E-state index contributed by atoms with van der Waals surface area (Å²) in [6.07, 6.45) is 0.0913. The molecule has 1 aromatic carbocycles. The molecule has 0 atom stereocenters. The van der Waals surface area contributed by atoms with Crippen LogP contribution in [0.4, 0.5) is 0 Å². The summed E-state index contributed by atoms with van der Waals surface area (Å²) in [7, 11) is -3.88. The van der Waals surface area contributed by atoms with E-state index in [1.807, 2.05) is 13.8 Å². The number of hydrogen-bond acceptors (Lipinski definition) is 4. The monoisotopic (exact) mass is 364 g/mol. The number of amides is 1. The van der Waals surface area contributed by atoms with Gasteiger partial charge < -0.3 is 10.1 Å². The van der Waals surface area contributed by atoms with Crippen molar-refractivity contribution in [2.45, 2.75) is 24.8 Å². The SMILES string of the molecule is CC(C)OCCNC(=O)c1ccc(Br)c(S(N)(=O)=O)c1. The van der Waals surface area contributed by atoms with Crippen LogP contribution < -0.4 is 10.5 Å². The van der Waals surface area contributed by atoms with Crippen LogP contribution >= 0.6 is 15.9 Å². The van der Waals surface area contributed by atoms with E-state index < -0.39 is 10.0 Å². The summed E-state index contributed by atoms with van der Waals surface area (Å²) >= 11 is 3.08. The van der Waals surface area contributed by atoms with Crippen molar-refractivity contribution in [3.8, 4) is 0 Å². The number of nitrogens with one attached hydrogen (secondary N) is 1. The number of benzene rings is 1. The summed E-state index contributed by atoms with van der Waals surface area (Å²) in [5.74, 6) is -0.380. The number of nitrogens with two attached hydrogens (primary N) is 1. The van der Waals surface area contributed by atoms with Gasteiger partial charge in [-0.1, -0.05) is 0 Å². The smallest absolute Gasteiger partial charge is 0.251 e. The minimum absolute atomic E-state index is 0.0913. The maximum Gasteiger partial charge on any atom is 0.251 e. The zero-order valence-electron chi connectivity index (χ0n) is 11.2. The van der Waals surface area contributed by atoms with Crippen LogP contribution in [0, 0.1) is 0 Å². The molecule has 0 unspecified atom stereocenters. The van der Waals surface area contributed by atoms with Crippen LogP contribution in [-0.4, -0.2) is 33.6 Å². The Labute approximate surface area is 126 Å². The molecule has 0 heterocycles. The van der Waals surface area contributed by atoms with Crippen molar-refractivity contribution >= 4 is 31.9 Å². The molecule has 112 valence electrons. The molecule has 1 aromatic rings. The van der Waals surface area contributed by atoms with Crippen molar-refractivity contribution in [3.63, 3.8) is 0 Å². The van der Waals surface area contributed by atoms with Gasteiger partial charge in [0.2, 0.25) is 10.0 Å². The molecule has 0 aliphatic carbocycles. The van der Waals surface area contributed by atoms with Crippen LogP contribution in [-0.2, 0) is 14.8 Å². The summed E-state index contributed by atoms with van der Waals surface area (Å²) in [4.78, 5) is 11.7. The van der Waals surface area contributed by atoms with Gasteiger partial charge in [0.05, 0.1) is 17.6 Å². The van der Waals surface area contributed by atoms with E-state index in [4.69, 9.17) is 9.88 Å². The molecule has 0 radical (unpaired) electrons. The maximum absolute atomic E-state index is 11.9. The molecule has 0 aliphatic rings. The highest BCUT2D eigenvalue weighted by molar-refractivity contribution is 9.10. The number of carbonyl (C=O) groups is 1. The molecule has 8 heteroatoms. The van der Waals surface area contributed by atoms with E-state index in [0.29, 0.717) is 17.6 Å². The molecule has 0 saturated heterocycles. The van der Waals surface area contributed by atoms with E-state index in [1.54, 1.807) is 0 Å². The van der Waals surface area contributed by atoms with Crippen LogP contribution in [0.3, 0.4) is 0 Å². The number of halogens is 1. The summed E-state index contributed by atoms with van der Waals surface area (Å²) < 4.78 is 28.3. The standard InChI is InChI=1S/C12H17BrN2O4S/c1-8(2)19-6-5-15-12(16)9-3-4-10(13)11(7-9)20(14,17)18/h3-4,7-8H,5-6H2,1-2H3,(H,15,16)(H2,14,17,18). The van der Waals surface area contributed by atoms with Gasteiger partial charge in [-0.3, -0.25) is 4.79 Å². The molecule has 0 fully saturated rings. The Balaban J connectivity index is 2.75. The lowest BCUT2D eigenvalue weighted by molar-refractivity contribution is 0.0746. The summed E-state index contributed by atoms with van der Waals surface area (Å²) in [6.45, 7) is 4.53. The van der Waals surface area contributed by atoms with Crippen molar-refractivity contribution in [1.29, 1.82) is 0 Å². The predicted molar refractivity (Wildman–Crippen MR) is 78.9 cm³/mol. The van der Waals surface area contributed by atoms with E-state index in [1.165, 1.54) is 18.2 Å². The summed E-state index contributed by atoms with van der Waals surface area (Å²) in [6, 6.07) is 4.22. The number of primary sulfonamides is 1. The lowest BCUT2D eigenvalue weighted by atomic mass is 10.2. The lowest BCUT2D eigenvalue weighted by Crippen LogP contribution is -2.28. The molecule has 0 bridgehead atoms. The quantitative estimate of drug-likeness (QED) is 0.742. The van der Waals surface area contributed by atoms with Gasteiger partial charge in [-0.2, -0.15) is 0 Å². The van der Waals surface area contributed by atoms with Gasteiger partial charge >= 0.3 is 0 Å². The molecule has 1 rings (SSSR count).